The molecule has 0 bridgehead atoms. The number of esters is 2. The van der Waals surface area contributed by atoms with Gasteiger partial charge in [-0.25, -0.2) is 14.6 Å². The summed E-state index contributed by atoms with van der Waals surface area (Å²) < 4.78 is 10.3. The quantitative estimate of drug-likeness (QED) is 0.244. The SMILES string of the molecule is CCOC(=O)C(=NOC)c1cccc(OC(=O)c2ccc(N=C(N)N)cc2)c1. The van der Waals surface area contributed by atoms with Crippen molar-refractivity contribution >= 4 is 29.3 Å². The lowest BCUT2D eigenvalue weighted by Crippen LogP contribution is -2.21. The number of oxime groups is 1. The van der Waals surface area contributed by atoms with Crippen LogP contribution in [0.2, 0.25) is 0 Å². The highest BCUT2D eigenvalue weighted by molar-refractivity contribution is 6.43. The molecular weight excluding hydrogens is 364 g/mol. The van der Waals surface area contributed by atoms with Gasteiger partial charge in [-0.3, -0.25) is 0 Å². The number of ether oxygens (including phenoxy) is 2. The molecule has 0 saturated carbocycles. The Morgan fingerprint density at radius 1 is 1.04 bits per heavy atom. The lowest BCUT2D eigenvalue weighted by Gasteiger charge is -2.08. The molecule has 0 amide bonds. The maximum Gasteiger partial charge on any atom is 0.361 e. The molecule has 0 radical (unpaired) electrons. The fourth-order valence-corrected chi connectivity index (χ4v) is 2.19. The van der Waals surface area contributed by atoms with Gasteiger partial charge in [0.2, 0.25) is 0 Å². The first-order valence-corrected chi connectivity index (χ1v) is 8.25. The fourth-order valence-electron chi connectivity index (χ4n) is 2.19. The van der Waals surface area contributed by atoms with Crippen LogP contribution in [0.3, 0.4) is 0 Å². The third-order valence-electron chi connectivity index (χ3n) is 3.33. The van der Waals surface area contributed by atoms with Crippen LogP contribution in [0.5, 0.6) is 5.75 Å². The Morgan fingerprint density at radius 2 is 1.75 bits per heavy atom. The number of carbonyl (C=O) groups excluding carboxylic acids is 2. The molecule has 0 fully saturated rings. The van der Waals surface area contributed by atoms with Crippen molar-refractivity contribution in [2.45, 2.75) is 6.92 Å². The van der Waals surface area contributed by atoms with Crippen molar-refractivity contribution < 1.29 is 23.9 Å². The lowest BCUT2D eigenvalue weighted by atomic mass is 10.1. The first-order chi connectivity index (χ1) is 13.4. The van der Waals surface area contributed by atoms with Gasteiger partial charge in [-0.1, -0.05) is 17.3 Å². The third-order valence-corrected chi connectivity index (χ3v) is 3.33. The molecule has 0 aromatic heterocycles. The third kappa shape index (κ3) is 5.56. The van der Waals surface area contributed by atoms with Crippen LogP contribution in [-0.2, 0) is 14.4 Å². The largest absolute Gasteiger partial charge is 0.461 e. The van der Waals surface area contributed by atoms with Gasteiger partial charge >= 0.3 is 11.9 Å². The van der Waals surface area contributed by atoms with Crippen LogP contribution in [0.15, 0.2) is 58.7 Å². The molecule has 28 heavy (non-hydrogen) atoms. The minimum absolute atomic E-state index is 0.0381. The van der Waals surface area contributed by atoms with Gasteiger partial charge in [0.1, 0.15) is 12.9 Å². The molecule has 0 heterocycles. The van der Waals surface area contributed by atoms with Gasteiger partial charge in [-0.15, -0.1) is 0 Å². The van der Waals surface area contributed by atoms with E-state index in [1.165, 1.54) is 25.3 Å². The van der Waals surface area contributed by atoms with Gasteiger partial charge in [0, 0.05) is 5.56 Å². The van der Waals surface area contributed by atoms with E-state index in [2.05, 4.69) is 10.1 Å². The topological polar surface area (TPSA) is 139 Å². The molecule has 0 atom stereocenters. The molecule has 0 spiro atoms. The van der Waals surface area contributed by atoms with E-state index in [1.54, 1.807) is 37.3 Å². The zero-order valence-corrected chi connectivity index (χ0v) is 15.4. The van der Waals surface area contributed by atoms with E-state index in [-0.39, 0.29) is 24.0 Å². The number of guanidine groups is 1. The lowest BCUT2D eigenvalue weighted by molar-refractivity contribution is -0.135. The Morgan fingerprint density at radius 3 is 2.36 bits per heavy atom. The van der Waals surface area contributed by atoms with Crippen molar-refractivity contribution in [3.05, 3.63) is 59.7 Å². The van der Waals surface area contributed by atoms with E-state index < -0.39 is 11.9 Å². The monoisotopic (exact) mass is 384 g/mol. The summed E-state index contributed by atoms with van der Waals surface area (Å²) in [4.78, 5) is 32.9. The van der Waals surface area contributed by atoms with Crippen LogP contribution in [0.25, 0.3) is 0 Å². The Kier molecular flexibility index (Phi) is 7.09. The molecular formula is C19H20N4O5. The summed E-state index contributed by atoms with van der Waals surface area (Å²) in [6, 6.07) is 12.5. The molecule has 9 nitrogen and oxygen atoms in total. The molecule has 9 heteroatoms. The minimum Gasteiger partial charge on any atom is -0.461 e. The highest BCUT2D eigenvalue weighted by atomic mass is 16.6. The summed E-state index contributed by atoms with van der Waals surface area (Å²) >= 11 is 0. The highest BCUT2D eigenvalue weighted by Gasteiger charge is 2.18. The van der Waals surface area contributed by atoms with Gasteiger partial charge in [0.15, 0.2) is 11.7 Å². The average Bonchev–Trinajstić information content (AvgIpc) is 2.66. The molecule has 146 valence electrons. The van der Waals surface area contributed by atoms with Gasteiger partial charge in [-0.05, 0) is 43.3 Å². The molecule has 2 aromatic carbocycles. The van der Waals surface area contributed by atoms with Gasteiger partial charge in [0.25, 0.3) is 0 Å². The molecule has 0 saturated heterocycles. The molecule has 2 aromatic rings. The Labute approximate surface area is 161 Å². The van der Waals surface area contributed by atoms with Crippen molar-refractivity contribution in [1.29, 1.82) is 0 Å². The maximum atomic E-state index is 12.3. The van der Waals surface area contributed by atoms with Crippen molar-refractivity contribution in [2.24, 2.45) is 21.6 Å². The van der Waals surface area contributed by atoms with Crippen molar-refractivity contribution in [1.82, 2.24) is 0 Å². The van der Waals surface area contributed by atoms with Crippen molar-refractivity contribution in [2.75, 3.05) is 13.7 Å². The predicted molar refractivity (Wildman–Crippen MR) is 103 cm³/mol. The van der Waals surface area contributed by atoms with E-state index in [0.717, 1.165) is 0 Å². The van der Waals surface area contributed by atoms with Crippen LogP contribution >= 0.6 is 0 Å². The van der Waals surface area contributed by atoms with Crippen LogP contribution in [0, 0.1) is 0 Å². The van der Waals surface area contributed by atoms with E-state index in [9.17, 15) is 9.59 Å². The molecule has 0 aliphatic carbocycles. The zero-order chi connectivity index (χ0) is 20.5. The molecule has 0 unspecified atom stereocenters. The summed E-state index contributed by atoms with van der Waals surface area (Å²) in [5.41, 5.74) is 11.8. The summed E-state index contributed by atoms with van der Waals surface area (Å²) in [5, 5.41) is 3.69. The molecule has 2 rings (SSSR count). The maximum absolute atomic E-state index is 12.3. The van der Waals surface area contributed by atoms with Crippen molar-refractivity contribution in [3.63, 3.8) is 0 Å². The summed E-state index contributed by atoms with van der Waals surface area (Å²) in [6.45, 7) is 1.87. The number of nitrogens with two attached hydrogens (primary N) is 2. The summed E-state index contributed by atoms with van der Waals surface area (Å²) in [7, 11) is 1.31. The first-order valence-electron chi connectivity index (χ1n) is 8.25. The van der Waals surface area contributed by atoms with Crippen LogP contribution in [0.4, 0.5) is 5.69 Å². The number of benzene rings is 2. The fraction of sp³-hybridized carbons (Fsp3) is 0.158. The smallest absolute Gasteiger partial charge is 0.361 e. The number of nitrogens with zero attached hydrogens (tertiary/aromatic N) is 2. The summed E-state index contributed by atoms with van der Waals surface area (Å²) in [6.07, 6.45) is 0. The van der Waals surface area contributed by atoms with Gasteiger partial charge in [-0.2, -0.15) is 0 Å². The standard InChI is InChI=1S/C19H20N4O5/c1-3-27-18(25)16(23-26-2)13-5-4-6-15(11-13)28-17(24)12-7-9-14(10-8-12)22-19(20)21/h4-11H,3H2,1-2H3,(H4,20,21,22). The average molecular weight is 384 g/mol. The second-order valence-corrected chi connectivity index (χ2v) is 5.34. The summed E-state index contributed by atoms with van der Waals surface area (Å²) in [5.74, 6) is -1.09. The molecule has 4 N–H and O–H groups in total. The first kappa shape index (κ1) is 20.4. The normalized spacial score (nSPS) is 10.7. The second-order valence-electron chi connectivity index (χ2n) is 5.34. The number of rotatable bonds is 7. The van der Waals surface area contributed by atoms with E-state index in [4.69, 9.17) is 25.8 Å². The number of hydrogen-bond donors (Lipinski definition) is 2. The van der Waals surface area contributed by atoms with Gasteiger partial charge in [0.05, 0.1) is 17.9 Å². The Hall–Kier alpha value is -3.88. The predicted octanol–water partition coefficient (Wildman–Crippen LogP) is 1.72. The van der Waals surface area contributed by atoms with E-state index in [1.807, 2.05) is 0 Å². The second kappa shape index (κ2) is 9.72. The van der Waals surface area contributed by atoms with Gasteiger partial charge < -0.3 is 25.8 Å². The van der Waals surface area contributed by atoms with E-state index >= 15 is 0 Å². The van der Waals surface area contributed by atoms with E-state index in [0.29, 0.717) is 16.8 Å². The Bertz CT molecular complexity index is 903. The number of hydrogen-bond acceptors (Lipinski definition) is 7. The molecule has 0 aliphatic heterocycles. The molecule has 0 aliphatic rings. The van der Waals surface area contributed by atoms with Crippen LogP contribution < -0.4 is 16.2 Å². The highest BCUT2D eigenvalue weighted by Crippen LogP contribution is 2.18. The number of aliphatic imine (C=N–C) groups is 1. The van der Waals surface area contributed by atoms with Crippen LogP contribution in [0.1, 0.15) is 22.8 Å². The Balaban J connectivity index is 2.19. The minimum atomic E-state index is -0.650. The van der Waals surface area contributed by atoms with Crippen LogP contribution in [-0.4, -0.2) is 37.3 Å². The number of carbonyl (C=O) groups is 2. The zero-order valence-electron chi connectivity index (χ0n) is 15.4. The van der Waals surface area contributed by atoms with Crippen molar-refractivity contribution in [3.8, 4) is 5.75 Å².